The van der Waals surface area contributed by atoms with Crippen LogP contribution in [-0.4, -0.2) is 0 Å². The van der Waals surface area contributed by atoms with Crippen LogP contribution in [0.4, 0.5) is 4.39 Å². The van der Waals surface area contributed by atoms with Crippen molar-refractivity contribution in [3.63, 3.8) is 0 Å². The van der Waals surface area contributed by atoms with E-state index in [-0.39, 0.29) is 5.82 Å². The number of aryl methyl sites for hydroxylation is 1. The highest BCUT2D eigenvalue weighted by atomic mass is 32.2. The Hall–Kier alpha value is -1.28. The van der Waals surface area contributed by atoms with E-state index in [2.05, 4.69) is 0 Å². The minimum absolute atomic E-state index is 0.173. The summed E-state index contributed by atoms with van der Waals surface area (Å²) in [6.45, 7) is 1.90. The topological polar surface area (TPSA) is 0 Å². The second-order valence-electron chi connectivity index (χ2n) is 3.38. The standard InChI is InChI=1S/C13H11FS/c1-10-7-11(14)9-13(8-10)15-12-5-3-2-4-6-12/h2-9H,1H3. The largest absolute Gasteiger partial charge is 0.207 e. The van der Waals surface area contributed by atoms with Gasteiger partial charge in [-0.2, -0.15) is 0 Å². The van der Waals surface area contributed by atoms with Gasteiger partial charge in [0.1, 0.15) is 5.82 Å². The summed E-state index contributed by atoms with van der Waals surface area (Å²) in [5.41, 5.74) is 0.952. The van der Waals surface area contributed by atoms with Crippen LogP contribution in [0.2, 0.25) is 0 Å². The molecule has 0 fully saturated rings. The summed E-state index contributed by atoms with van der Waals surface area (Å²) in [6.07, 6.45) is 0. The molecule has 0 aromatic heterocycles. The average molecular weight is 218 g/mol. The van der Waals surface area contributed by atoms with Crippen molar-refractivity contribution in [1.29, 1.82) is 0 Å². The Labute approximate surface area is 93.1 Å². The van der Waals surface area contributed by atoms with E-state index in [1.54, 1.807) is 17.8 Å². The fourth-order valence-electron chi connectivity index (χ4n) is 1.39. The molecule has 0 nitrogen and oxygen atoms in total. The molecule has 76 valence electrons. The molecular formula is C13H11FS. The molecule has 2 aromatic carbocycles. The summed E-state index contributed by atoms with van der Waals surface area (Å²) in [5.74, 6) is -0.173. The number of hydrogen-bond donors (Lipinski definition) is 0. The third-order valence-electron chi connectivity index (χ3n) is 1.99. The molecule has 0 aliphatic rings. The molecule has 0 heterocycles. The van der Waals surface area contributed by atoms with Gasteiger partial charge in [0.15, 0.2) is 0 Å². The van der Waals surface area contributed by atoms with Gasteiger partial charge in [0.2, 0.25) is 0 Å². The maximum atomic E-state index is 13.1. The monoisotopic (exact) mass is 218 g/mol. The molecule has 0 saturated heterocycles. The van der Waals surface area contributed by atoms with Gasteiger partial charge in [-0.3, -0.25) is 0 Å². The van der Waals surface area contributed by atoms with Gasteiger partial charge in [-0.05, 0) is 42.8 Å². The van der Waals surface area contributed by atoms with E-state index in [1.165, 1.54) is 6.07 Å². The Bertz CT molecular complexity index is 431. The van der Waals surface area contributed by atoms with Gasteiger partial charge < -0.3 is 0 Å². The smallest absolute Gasteiger partial charge is 0.124 e. The quantitative estimate of drug-likeness (QED) is 0.724. The van der Waals surface area contributed by atoms with Crippen molar-refractivity contribution < 1.29 is 4.39 Å². The van der Waals surface area contributed by atoms with E-state index in [1.807, 2.05) is 43.3 Å². The average Bonchev–Trinajstić information content (AvgIpc) is 2.17. The SMILES string of the molecule is Cc1cc(F)cc(Sc2ccccc2)c1. The van der Waals surface area contributed by atoms with E-state index in [0.717, 1.165) is 15.4 Å². The zero-order chi connectivity index (χ0) is 10.7. The molecule has 0 aliphatic carbocycles. The third kappa shape index (κ3) is 2.83. The minimum Gasteiger partial charge on any atom is -0.207 e. The maximum absolute atomic E-state index is 13.1. The van der Waals surface area contributed by atoms with Crippen molar-refractivity contribution in [3.05, 3.63) is 59.9 Å². The van der Waals surface area contributed by atoms with Gasteiger partial charge >= 0.3 is 0 Å². The summed E-state index contributed by atoms with van der Waals surface area (Å²) in [5, 5.41) is 0. The predicted molar refractivity (Wildman–Crippen MR) is 61.7 cm³/mol. The van der Waals surface area contributed by atoms with Crippen LogP contribution < -0.4 is 0 Å². The highest BCUT2D eigenvalue weighted by Gasteiger charge is 2.00. The highest BCUT2D eigenvalue weighted by Crippen LogP contribution is 2.28. The molecule has 0 radical (unpaired) electrons. The van der Waals surface area contributed by atoms with E-state index < -0.39 is 0 Å². The van der Waals surface area contributed by atoms with Crippen molar-refractivity contribution in [2.75, 3.05) is 0 Å². The van der Waals surface area contributed by atoms with Gasteiger partial charge in [0.25, 0.3) is 0 Å². The summed E-state index contributed by atoms with van der Waals surface area (Å²) in [6, 6.07) is 15.1. The number of rotatable bonds is 2. The molecule has 0 aliphatic heterocycles. The van der Waals surface area contributed by atoms with E-state index in [4.69, 9.17) is 0 Å². The van der Waals surface area contributed by atoms with Crippen LogP contribution >= 0.6 is 11.8 Å². The van der Waals surface area contributed by atoms with Crippen molar-refractivity contribution in [1.82, 2.24) is 0 Å². The summed E-state index contributed by atoms with van der Waals surface area (Å²) >= 11 is 1.58. The fourth-order valence-corrected chi connectivity index (χ4v) is 2.37. The molecule has 2 aromatic rings. The zero-order valence-electron chi connectivity index (χ0n) is 8.41. The van der Waals surface area contributed by atoms with E-state index >= 15 is 0 Å². The zero-order valence-corrected chi connectivity index (χ0v) is 9.22. The first-order chi connectivity index (χ1) is 7.24. The van der Waals surface area contributed by atoms with Gasteiger partial charge in [0.05, 0.1) is 0 Å². The minimum atomic E-state index is -0.173. The molecule has 2 rings (SSSR count). The molecular weight excluding hydrogens is 207 g/mol. The second kappa shape index (κ2) is 4.49. The summed E-state index contributed by atoms with van der Waals surface area (Å²) < 4.78 is 13.1. The Balaban J connectivity index is 2.25. The summed E-state index contributed by atoms with van der Waals surface area (Å²) in [4.78, 5) is 2.07. The Morgan fingerprint density at radius 2 is 1.67 bits per heavy atom. The lowest BCUT2D eigenvalue weighted by atomic mass is 10.2. The number of halogens is 1. The lowest BCUT2D eigenvalue weighted by Gasteiger charge is -2.02. The van der Waals surface area contributed by atoms with Crippen LogP contribution in [-0.2, 0) is 0 Å². The highest BCUT2D eigenvalue weighted by molar-refractivity contribution is 7.99. The van der Waals surface area contributed by atoms with Gasteiger partial charge in [0, 0.05) is 9.79 Å². The molecule has 0 atom stereocenters. The molecule has 15 heavy (non-hydrogen) atoms. The summed E-state index contributed by atoms with van der Waals surface area (Å²) in [7, 11) is 0. The van der Waals surface area contributed by atoms with Gasteiger partial charge in [-0.25, -0.2) is 4.39 Å². The van der Waals surface area contributed by atoms with Crippen LogP contribution in [0.25, 0.3) is 0 Å². The molecule has 0 bridgehead atoms. The first-order valence-corrected chi connectivity index (χ1v) is 5.56. The van der Waals surface area contributed by atoms with Gasteiger partial charge in [-0.1, -0.05) is 30.0 Å². The van der Waals surface area contributed by atoms with E-state index in [0.29, 0.717) is 0 Å². The second-order valence-corrected chi connectivity index (χ2v) is 4.53. The maximum Gasteiger partial charge on any atom is 0.124 e. The first-order valence-electron chi connectivity index (χ1n) is 4.74. The molecule has 2 heteroatoms. The first kappa shape index (κ1) is 10.2. The van der Waals surface area contributed by atoms with Crippen LogP contribution in [0.1, 0.15) is 5.56 Å². The van der Waals surface area contributed by atoms with Crippen LogP contribution in [0.3, 0.4) is 0 Å². The number of hydrogen-bond acceptors (Lipinski definition) is 1. The van der Waals surface area contributed by atoms with Crippen LogP contribution in [0.15, 0.2) is 58.3 Å². The van der Waals surface area contributed by atoms with Crippen LogP contribution in [0, 0.1) is 12.7 Å². The molecule has 0 spiro atoms. The van der Waals surface area contributed by atoms with Crippen molar-refractivity contribution in [3.8, 4) is 0 Å². The Kier molecular flexibility index (Phi) is 3.07. The van der Waals surface area contributed by atoms with Crippen molar-refractivity contribution in [2.45, 2.75) is 16.7 Å². The molecule has 0 N–H and O–H groups in total. The lowest BCUT2D eigenvalue weighted by Crippen LogP contribution is -1.80. The molecule has 0 amide bonds. The van der Waals surface area contributed by atoms with Gasteiger partial charge in [-0.15, -0.1) is 0 Å². The molecule has 0 unspecified atom stereocenters. The van der Waals surface area contributed by atoms with E-state index in [9.17, 15) is 4.39 Å². The molecule has 0 saturated carbocycles. The number of benzene rings is 2. The fraction of sp³-hybridized carbons (Fsp3) is 0.0769. The Morgan fingerprint density at radius 1 is 0.933 bits per heavy atom. The lowest BCUT2D eigenvalue weighted by molar-refractivity contribution is 0.623. The predicted octanol–water partition coefficient (Wildman–Crippen LogP) is 4.29. The normalized spacial score (nSPS) is 10.3. The third-order valence-corrected chi connectivity index (χ3v) is 2.97. The Morgan fingerprint density at radius 3 is 2.33 bits per heavy atom. The van der Waals surface area contributed by atoms with Crippen molar-refractivity contribution >= 4 is 11.8 Å². The van der Waals surface area contributed by atoms with Crippen molar-refractivity contribution in [2.24, 2.45) is 0 Å². The van der Waals surface area contributed by atoms with Crippen LogP contribution in [0.5, 0.6) is 0 Å².